The Morgan fingerprint density at radius 2 is 1.93 bits per heavy atom. The molecule has 1 aromatic carbocycles. The average molecular weight is 375 g/mol. The number of hydrogen-bond acceptors (Lipinski definition) is 7. The van der Waals surface area contributed by atoms with E-state index in [1.165, 1.54) is 31.3 Å². The smallest absolute Gasteiger partial charge is 0.338 e. The monoisotopic (exact) mass is 375 g/mol. The Morgan fingerprint density at radius 3 is 2.52 bits per heavy atom. The van der Waals surface area contributed by atoms with Crippen LogP contribution in [-0.2, 0) is 18.3 Å². The predicted molar refractivity (Wildman–Crippen MR) is 97.9 cm³/mol. The van der Waals surface area contributed by atoms with Crippen LogP contribution in [0.25, 0.3) is 0 Å². The fraction of sp³-hybridized carbons (Fsp3) is 0.333. The van der Waals surface area contributed by atoms with Gasteiger partial charge in [0.1, 0.15) is 17.1 Å². The van der Waals surface area contributed by atoms with Crippen LogP contribution in [0.4, 0.5) is 5.82 Å². The van der Waals surface area contributed by atoms with Gasteiger partial charge in [-0.1, -0.05) is 19.9 Å². The molecule has 9 nitrogen and oxygen atoms in total. The summed E-state index contributed by atoms with van der Waals surface area (Å²) in [5, 5.41) is 9.38. The molecule has 0 aliphatic heterocycles. The standard InChI is InChI=1S/C18H21N3O6/c1-10(2)8-21-15(19)14(16(24)20(3)18(21)26)13(23)9-27-17(25)11-5-4-6-12(22)7-11/h4-7,10,22H,8-9,19H2,1-3H3. The van der Waals surface area contributed by atoms with Crippen molar-refractivity contribution in [2.45, 2.75) is 20.4 Å². The number of phenolic OH excluding ortho intramolecular Hbond substituents is 1. The number of phenols is 1. The minimum absolute atomic E-state index is 0.0495. The first-order chi connectivity index (χ1) is 12.6. The molecule has 1 aromatic heterocycles. The summed E-state index contributed by atoms with van der Waals surface area (Å²) in [6, 6.07) is 5.42. The molecule has 0 amide bonds. The van der Waals surface area contributed by atoms with E-state index >= 15 is 0 Å². The van der Waals surface area contributed by atoms with Gasteiger partial charge in [-0.3, -0.25) is 18.7 Å². The summed E-state index contributed by atoms with van der Waals surface area (Å²) in [5.74, 6) is -2.00. The molecule has 2 rings (SSSR count). The number of rotatable bonds is 6. The molecule has 0 radical (unpaired) electrons. The van der Waals surface area contributed by atoms with Crippen molar-refractivity contribution in [1.82, 2.24) is 9.13 Å². The molecule has 0 aliphatic carbocycles. The predicted octanol–water partition coefficient (Wildman–Crippen LogP) is 0.530. The molecule has 0 atom stereocenters. The number of esters is 1. The number of aromatic hydroxyl groups is 1. The quantitative estimate of drug-likeness (QED) is 0.555. The van der Waals surface area contributed by atoms with Gasteiger partial charge in [0.25, 0.3) is 5.56 Å². The van der Waals surface area contributed by atoms with Crippen LogP contribution in [0.15, 0.2) is 33.9 Å². The van der Waals surface area contributed by atoms with Gasteiger partial charge in [0.2, 0.25) is 5.78 Å². The number of aromatic nitrogens is 2. The molecule has 0 spiro atoms. The van der Waals surface area contributed by atoms with Crippen molar-refractivity contribution < 1.29 is 19.4 Å². The van der Waals surface area contributed by atoms with E-state index in [2.05, 4.69) is 0 Å². The number of nitrogens with zero attached hydrogens (tertiary/aromatic N) is 2. The molecule has 0 saturated carbocycles. The van der Waals surface area contributed by atoms with Crippen molar-refractivity contribution in [3.8, 4) is 5.75 Å². The van der Waals surface area contributed by atoms with Crippen LogP contribution in [-0.4, -0.2) is 32.6 Å². The largest absolute Gasteiger partial charge is 0.508 e. The zero-order valence-electron chi connectivity index (χ0n) is 15.3. The Hall–Kier alpha value is -3.36. The van der Waals surface area contributed by atoms with E-state index in [1.54, 1.807) is 0 Å². The highest BCUT2D eigenvalue weighted by Crippen LogP contribution is 2.13. The van der Waals surface area contributed by atoms with E-state index in [9.17, 15) is 24.3 Å². The second kappa shape index (κ2) is 7.90. The topological polar surface area (TPSA) is 134 Å². The Labute approximate surface area is 154 Å². The molecule has 0 fully saturated rings. The minimum Gasteiger partial charge on any atom is -0.508 e. The van der Waals surface area contributed by atoms with Gasteiger partial charge in [-0.05, 0) is 24.1 Å². The maximum absolute atomic E-state index is 12.5. The Bertz CT molecular complexity index is 1000. The molecule has 0 unspecified atom stereocenters. The van der Waals surface area contributed by atoms with Crippen LogP contribution >= 0.6 is 0 Å². The molecular formula is C18H21N3O6. The van der Waals surface area contributed by atoms with Crippen LogP contribution in [0.2, 0.25) is 0 Å². The van der Waals surface area contributed by atoms with E-state index < -0.39 is 35.2 Å². The summed E-state index contributed by atoms with van der Waals surface area (Å²) >= 11 is 0. The first kappa shape index (κ1) is 20.0. The van der Waals surface area contributed by atoms with Gasteiger partial charge in [0, 0.05) is 13.6 Å². The molecular weight excluding hydrogens is 354 g/mol. The normalized spacial score (nSPS) is 10.8. The third kappa shape index (κ3) is 4.25. The van der Waals surface area contributed by atoms with Crippen LogP contribution in [0.5, 0.6) is 5.75 Å². The van der Waals surface area contributed by atoms with Crippen LogP contribution < -0.4 is 17.0 Å². The van der Waals surface area contributed by atoms with Gasteiger partial charge < -0.3 is 15.6 Å². The SMILES string of the molecule is CC(C)Cn1c(N)c(C(=O)COC(=O)c2cccc(O)c2)c(=O)n(C)c1=O. The lowest BCUT2D eigenvalue weighted by molar-refractivity contribution is 0.0474. The third-order valence-corrected chi connectivity index (χ3v) is 3.83. The number of anilines is 1. The summed E-state index contributed by atoms with van der Waals surface area (Å²) in [7, 11) is 1.25. The van der Waals surface area contributed by atoms with E-state index in [0.29, 0.717) is 0 Å². The highest BCUT2D eigenvalue weighted by atomic mass is 16.5. The van der Waals surface area contributed by atoms with Crippen molar-refractivity contribution in [3.63, 3.8) is 0 Å². The number of Topliss-reactive ketones (excluding diaryl/α,β-unsaturated/α-hetero) is 1. The summed E-state index contributed by atoms with van der Waals surface area (Å²) in [4.78, 5) is 49.0. The number of nitrogens with two attached hydrogens (primary N) is 1. The fourth-order valence-corrected chi connectivity index (χ4v) is 2.51. The number of nitrogen functional groups attached to an aromatic ring is 1. The van der Waals surface area contributed by atoms with Crippen molar-refractivity contribution in [2.75, 3.05) is 12.3 Å². The lowest BCUT2D eigenvalue weighted by Crippen LogP contribution is -2.43. The van der Waals surface area contributed by atoms with Gasteiger partial charge in [-0.2, -0.15) is 0 Å². The molecule has 27 heavy (non-hydrogen) atoms. The number of hydrogen-bond donors (Lipinski definition) is 2. The molecule has 144 valence electrons. The summed E-state index contributed by atoms with van der Waals surface area (Å²) < 4.78 is 6.85. The van der Waals surface area contributed by atoms with Crippen molar-refractivity contribution >= 4 is 17.6 Å². The Morgan fingerprint density at radius 1 is 1.26 bits per heavy atom. The highest BCUT2D eigenvalue weighted by Gasteiger charge is 2.23. The van der Waals surface area contributed by atoms with E-state index in [1.807, 2.05) is 13.8 Å². The fourth-order valence-electron chi connectivity index (χ4n) is 2.51. The first-order valence-electron chi connectivity index (χ1n) is 8.22. The zero-order chi connectivity index (χ0) is 20.3. The second-order valence-electron chi connectivity index (χ2n) is 6.46. The van der Waals surface area contributed by atoms with Gasteiger partial charge in [0.05, 0.1) is 5.56 Å². The zero-order valence-corrected chi connectivity index (χ0v) is 15.3. The second-order valence-corrected chi connectivity index (χ2v) is 6.46. The van der Waals surface area contributed by atoms with Gasteiger partial charge in [-0.25, -0.2) is 9.59 Å². The van der Waals surface area contributed by atoms with Crippen molar-refractivity contribution in [3.05, 3.63) is 56.2 Å². The first-order valence-corrected chi connectivity index (χ1v) is 8.22. The van der Waals surface area contributed by atoms with E-state index in [4.69, 9.17) is 10.5 Å². The van der Waals surface area contributed by atoms with Crippen LogP contribution in [0.1, 0.15) is 34.6 Å². The van der Waals surface area contributed by atoms with E-state index in [-0.39, 0.29) is 29.6 Å². The van der Waals surface area contributed by atoms with E-state index in [0.717, 1.165) is 9.13 Å². The highest BCUT2D eigenvalue weighted by molar-refractivity contribution is 6.02. The number of carbonyl (C=O) groups is 2. The number of ether oxygens (including phenoxy) is 1. The summed E-state index contributed by atoms with van der Waals surface area (Å²) in [6.45, 7) is 3.21. The number of carbonyl (C=O) groups excluding carboxylic acids is 2. The molecule has 3 N–H and O–H groups in total. The molecule has 1 heterocycles. The summed E-state index contributed by atoms with van der Waals surface area (Å²) in [6.07, 6.45) is 0. The van der Waals surface area contributed by atoms with Gasteiger partial charge in [-0.15, -0.1) is 0 Å². The minimum atomic E-state index is -0.851. The lowest BCUT2D eigenvalue weighted by Gasteiger charge is -2.16. The van der Waals surface area contributed by atoms with Gasteiger partial charge >= 0.3 is 11.7 Å². The maximum atomic E-state index is 12.5. The van der Waals surface area contributed by atoms with Crippen LogP contribution in [0.3, 0.4) is 0 Å². The Balaban J connectivity index is 2.31. The Kier molecular flexibility index (Phi) is 5.84. The third-order valence-electron chi connectivity index (χ3n) is 3.83. The van der Waals surface area contributed by atoms with Crippen molar-refractivity contribution in [1.29, 1.82) is 0 Å². The number of benzene rings is 1. The number of ketones is 1. The van der Waals surface area contributed by atoms with Crippen molar-refractivity contribution in [2.24, 2.45) is 13.0 Å². The summed E-state index contributed by atoms with van der Waals surface area (Å²) in [5.41, 5.74) is 4.07. The molecule has 0 bridgehead atoms. The average Bonchev–Trinajstić information content (AvgIpc) is 2.61. The van der Waals surface area contributed by atoms with Crippen LogP contribution in [0, 0.1) is 5.92 Å². The molecule has 2 aromatic rings. The molecule has 0 saturated heterocycles. The lowest BCUT2D eigenvalue weighted by atomic mass is 10.1. The molecule has 9 heteroatoms. The molecule has 0 aliphatic rings. The maximum Gasteiger partial charge on any atom is 0.338 e. The van der Waals surface area contributed by atoms with Gasteiger partial charge in [0.15, 0.2) is 6.61 Å².